The molecule has 0 aromatic heterocycles. The number of unbranched alkanes of at least 4 members (excludes halogenated alkanes) is 12. The van der Waals surface area contributed by atoms with Crippen molar-refractivity contribution in [2.24, 2.45) is 5.92 Å². The number of nitrogens with one attached hydrogen (secondary N) is 1. The first-order valence-electron chi connectivity index (χ1n) is 12.7. The second-order valence-electron chi connectivity index (χ2n) is 8.51. The Labute approximate surface area is 181 Å². The van der Waals surface area contributed by atoms with Crippen molar-refractivity contribution < 1.29 is 14.6 Å². The summed E-state index contributed by atoms with van der Waals surface area (Å²) in [6.45, 7) is 6.83. The third-order valence-electron chi connectivity index (χ3n) is 5.68. The molecular weight excluding hydrogens is 362 g/mol. The highest BCUT2D eigenvalue weighted by Crippen LogP contribution is 2.21. The average Bonchev–Trinajstić information content (AvgIpc) is 2.73. The molecule has 29 heavy (non-hydrogen) atoms. The molecule has 0 aromatic rings. The molecule has 2 N–H and O–H groups in total. The largest absolute Gasteiger partial charge is 0.465 e. The standard InChI is InChI=1S/C25H51NO3/c1-3-5-7-9-11-14-18-24(19-15-12-10-8-6-4-2)25(28)29-23-17-13-16-20-26-21-22-27/h24,26-27H,3-23H2,1-2H3. The molecule has 4 heteroatoms. The van der Waals surface area contributed by atoms with Crippen molar-refractivity contribution in [3.05, 3.63) is 0 Å². The van der Waals surface area contributed by atoms with Crippen molar-refractivity contribution in [2.45, 2.75) is 123 Å². The molecule has 0 saturated heterocycles. The number of rotatable bonds is 23. The lowest BCUT2D eigenvalue weighted by molar-refractivity contribution is -0.149. The highest BCUT2D eigenvalue weighted by Gasteiger charge is 2.19. The van der Waals surface area contributed by atoms with Gasteiger partial charge in [-0.05, 0) is 38.6 Å². The lowest BCUT2D eigenvalue weighted by Gasteiger charge is -2.16. The molecule has 0 bridgehead atoms. The average molecular weight is 414 g/mol. The van der Waals surface area contributed by atoms with Gasteiger partial charge in [0.1, 0.15) is 0 Å². The maximum atomic E-state index is 12.6. The minimum absolute atomic E-state index is 0.0468. The number of aliphatic hydroxyl groups is 1. The van der Waals surface area contributed by atoms with Crippen LogP contribution in [0.25, 0.3) is 0 Å². The van der Waals surface area contributed by atoms with E-state index in [0.717, 1.165) is 51.5 Å². The van der Waals surface area contributed by atoms with Crippen LogP contribution in [0, 0.1) is 5.92 Å². The number of carbonyl (C=O) groups is 1. The number of esters is 1. The Bertz CT molecular complexity index is 320. The minimum Gasteiger partial charge on any atom is -0.465 e. The van der Waals surface area contributed by atoms with E-state index in [1.54, 1.807) is 0 Å². The van der Waals surface area contributed by atoms with Crippen LogP contribution in [0.5, 0.6) is 0 Å². The third-order valence-corrected chi connectivity index (χ3v) is 5.68. The quantitative estimate of drug-likeness (QED) is 0.150. The van der Waals surface area contributed by atoms with E-state index >= 15 is 0 Å². The molecule has 0 aliphatic rings. The summed E-state index contributed by atoms with van der Waals surface area (Å²) in [5, 5.41) is 11.9. The van der Waals surface area contributed by atoms with Crippen LogP contribution in [0.4, 0.5) is 0 Å². The molecule has 0 aromatic carbocycles. The van der Waals surface area contributed by atoms with Gasteiger partial charge >= 0.3 is 5.97 Å². The maximum absolute atomic E-state index is 12.6. The lowest BCUT2D eigenvalue weighted by atomic mass is 9.94. The summed E-state index contributed by atoms with van der Waals surface area (Å²) in [5.41, 5.74) is 0. The lowest BCUT2D eigenvalue weighted by Crippen LogP contribution is -2.20. The Morgan fingerprint density at radius 2 is 1.24 bits per heavy atom. The first-order chi connectivity index (χ1) is 14.3. The molecule has 0 radical (unpaired) electrons. The van der Waals surface area contributed by atoms with E-state index in [-0.39, 0.29) is 18.5 Å². The summed E-state index contributed by atoms with van der Waals surface area (Å²) in [4.78, 5) is 12.6. The van der Waals surface area contributed by atoms with Crippen LogP contribution in [0.1, 0.15) is 123 Å². The number of hydrogen-bond donors (Lipinski definition) is 2. The molecule has 0 heterocycles. The summed E-state index contributed by atoms with van der Waals surface area (Å²) >= 11 is 0. The smallest absolute Gasteiger partial charge is 0.308 e. The number of carbonyl (C=O) groups excluding carboxylic acids is 1. The van der Waals surface area contributed by atoms with Crippen molar-refractivity contribution in [1.82, 2.24) is 5.32 Å². The fourth-order valence-electron chi connectivity index (χ4n) is 3.75. The third kappa shape index (κ3) is 20.4. The van der Waals surface area contributed by atoms with Crippen LogP contribution >= 0.6 is 0 Å². The van der Waals surface area contributed by atoms with Crippen LogP contribution < -0.4 is 5.32 Å². The molecule has 0 spiro atoms. The predicted molar refractivity (Wildman–Crippen MR) is 124 cm³/mol. The van der Waals surface area contributed by atoms with E-state index < -0.39 is 0 Å². The van der Waals surface area contributed by atoms with Gasteiger partial charge in [0.15, 0.2) is 0 Å². The molecule has 0 amide bonds. The molecule has 0 rings (SSSR count). The van der Waals surface area contributed by atoms with Gasteiger partial charge in [0.05, 0.1) is 19.1 Å². The van der Waals surface area contributed by atoms with Gasteiger partial charge in [0.2, 0.25) is 0 Å². The summed E-state index contributed by atoms with van der Waals surface area (Å²) in [7, 11) is 0. The fraction of sp³-hybridized carbons (Fsp3) is 0.960. The summed E-state index contributed by atoms with van der Waals surface area (Å²) in [6, 6.07) is 0. The second-order valence-corrected chi connectivity index (χ2v) is 8.51. The summed E-state index contributed by atoms with van der Waals surface area (Å²) in [6.07, 6.45) is 20.4. The normalized spacial score (nSPS) is 11.3. The highest BCUT2D eigenvalue weighted by molar-refractivity contribution is 5.72. The first-order valence-corrected chi connectivity index (χ1v) is 12.7. The van der Waals surface area contributed by atoms with E-state index in [1.807, 2.05) is 0 Å². The van der Waals surface area contributed by atoms with E-state index in [0.29, 0.717) is 13.2 Å². The number of ether oxygens (including phenoxy) is 1. The number of hydrogen-bond acceptors (Lipinski definition) is 4. The molecule has 0 aliphatic heterocycles. The highest BCUT2D eigenvalue weighted by atomic mass is 16.5. The van der Waals surface area contributed by atoms with E-state index in [1.165, 1.54) is 64.2 Å². The minimum atomic E-state index is 0.0468. The van der Waals surface area contributed by atoms with E-state index in [9.17, 15) is 4.79 Å². The van der Waals surface area contributed by atoms with Crippen LogP contribution in [0.15, 0.2) is 0 Å². The zero-order valence-corrected chi connectivity index (χ0v) is 19.7. The SMILES string of the molecule is CCCCCCCCC(CCCCCCCC)C(=O)OCCCCCNCCO. The molecule has 0 unspecified atom stereocenters. The Morgan fingerprint density at radius 1 is 0.724 bits per heavy atom. The van der Waals surface area contributed by atoms with Gasteiger partial charge < -0.3 is 15.2 Å². The van der Waals surface area contributed by atoms with Crippen molar-refractivity contribution in [1.29, 1.82) is 0 Å². The van der Waals surface area contributed by atoms with Crippen LogP contribution in [0.2, 0.25) is 0 Å². The van der Waals surface area contributed by atoms with Gasteiger partial charge in [0, 0.05) is 6.54 Å². The first kappa shape index (κ1) is 28.4. The Kier molecular flexibility index (Phi) is 23.2. The van der Waals surface area contributed by atoms with E-state index in [2.05, 4.69) is 19.2 Å². The van der Waals surface area contributed by atoms with Gasteiger partial charge in [-0.2, -0.15) is 0 Å². The van der Waals surface area contributed by atoms with Crippen molar-refractivity contribution in [3.8, 4) is 0 Å². The Hall–Kier alpha value is -0.610. The van der Waals surface area contributed by atoms with Crippen LogP contribution in [0.3, 0.4) is 0 Å². The molecule has 0 aliphatic carbocycles. The van der Waals surface area contributed by atoms with Gasteiger partial charge in [0.25, 0.3) is 0 Å². The Balaban J connectivity index is 4.00. The molecule has 4 nitrogen and oxygen atoms in total. The zero-order chi connectivity index (χ0) is 21.4. The number of aliphatic hydroxyl groups excluding tert-OH is 1. The van der Waals surface area contributed by atoms with Crippen LogP contribution in [-0.4, -0.2) is 37.4 Å². The van der Waals surface area contributed by atoms with Crippen molar-refractivity contribution in [3.63, 3.8) is 0 Å². The maximum Gasteiger partial charge on any atom is 0.308 e. The van der Waals surface area contributed by atoms with Crippen molar-refractivity contribution >= 4 is 5.97 Å². The zero-order valence-electron chi connectivity index (χ0n) is 19.7. The molecule has 174 valence electrons. The van der Waals surface area contributed by atoms with Crippen molar-refractivity contribution in [2.75, 3.05) is 26.3 Å². The summed E-state index contributed by atoms with van der Waals surface area (Å²) in [5.74, 6) is 0.157. The molecule has 0 fully saturated rings. The van der Waals surface area contributed by atoms with Gasteiger partial charge in [-0.25, -0.2) is 0 Å². The van der Waals surface area contributed by atoms with E-state index in [4.69, 9.17) is 9.84 Å². The Morgan fingerprint density at radius 3 is 1.79 bits per heavy atom. The fourth-order valence-corrected chi connectivity index (χ4v) is 3.75. The van der Waals surface area contributed by atoms with Gasteiger partial charge in [-0.1, -0.05) is 90.9 Å². The summed E-state index contributed by atoms with van der Waals surface area (Å²) < 4.78 is 5.62. The van der Waals surface area contributed by atoms with Crippen LogP contribution in [-0.2, 0) is 9.53 Å². The van der Waals surface area contributed by atoms with Gasteiger partial charge in [-0.15, -0.1) is 0 Å². The van der Waals surface area contributed by atoms with Gasteiger partial charge in [-0.3, -0.25) is 4.79 Å². The monoisotopic (exact) mass is 413 g/mol. The topological polar surface area (TPSA) is 58.6 Å². The second kappa shape index (κ2) is 23.7. The molecule has 0 saturated carbocycles. The molecule has 0 atom stereocenters. The predicted octanol–water partition coefficient (Wildman–Crippen LogP) is 6.40. The molecular formula is C25H51NO3.